The lowest BCUT2D eigenvalue weighted by atomic mass is 10.6. The number of nitrogens with one attached hydrogen (secondary N) is 1. The molecular formula is C8H9NOS. The second-order valence-electron chi connectivity index (χ2n) is 1.73. The third-order valence-corrected chi connectivity index (χ3v) is 1.42. The molecule has 0 bridgehead atoms. The number of H-pyrrole nitrogens is 1. The lowest BCUT2D eigenvalue weighted by Gasteiger charge is -1.91. The number of aromatic amines is 1. The summed E-state index contributed by atoms with van der Waals surface area (Å²) in [7, 11) is 0. The summed E-state index contributed by atoms with van der Waals surface area (Å²) in [4.78, 5) is 2.86. The molecule has 0 radical (unpaired) electrons. The van der Waals surface area contributed by atoms with Crippen molar-refractivity contribution >= 4 is 12.0 Å². The van der Waals surface area contributed by atoms with Crippen molar-refractivity contribution in [3.63, 3.8) is 0 Å². The van der Waals surface area contributed by atoms with E-state index in [-0.39, 0.29) is 0 Å². The Kier molecular flexibility index (Phi) is 4.13. The molecule has 1 aliphatic heterocycles. The second kappa shape index (κ2) is 5.68. The average Bonchev–Trinajstić information content (AvgIpc) is 2.64. The van der Waals surface area contributed by atoms with Crippen molar-refractivity contribution in [1.29, 1.82) is 0 Å². The zero-order valence-electron chi connectivity index (χ0n) is 5.94. The molecule has 2 nitrogen and oxygen atoms in total. The van der Waals surface area contributed by atoms with Gasteiger partial charge in [0.1, 0.15) is 6.26 Å². The highest BCUT2D eigenvalue weighted by molar-refractivity contribution is 7.97. The minimum atomic E-state index is 1.33. The van der Waals surface area contributed by atoms with Crippen molar-refractivity contribution in [2.24, 2.45) is 0 Å². The van der Waals surface area contributed by atoms with Gasteiger partial charge >= 0.3 is 0 Å². The first-order chi connectivity index (χ1) is 5.50. The number of allylic oxidation sites excluding steroid dienone is 2. The Bertz CT molecular complexity index is 187. The Morgan fingerprint density at radius 2 is 1.91 bits per heavy atom. The molecule has 0 saturated carbocycles. The zero-order valence-corrected chi connectivity index (χ0v) is 6.75. The lowest BCUT2D eigenvalue weighted by Crippen LogP contribution is -1.63. The highest BCUT2D eigenvalue weighted by atomic mass is 32.2. The summed E-state index contributed by atoms with van der Waals surface area (Å²) >= 11 is 1.33. The third-order valence-electron chi connectivity index (χ3n) is 0.931. The van der Waals surface area contributed by atoms with E-state index in [0.717, 1.165) is 0 Å². The molecular weight excluding hydrogens is 158 g/mol. The summed E-state index contributed by atoms with van der Waals surface area (Å²) < 4.78 is 4.72. The van der Waals surface area contributed by atoms with Gasteiger partial charge in [0.25, 0.3) is 0 Å². The van der Waals surface area contributed by atoms with Gasteiger partial charge in [-0.25, -0.2) is 0 Å². The number of aromatic nitrogens is 1. The van der Waals surface area contributed by atoms with Crippen molar-refractivity contribution in [3.8, 4) is 0 Å². The first kappa shape index (κ1) is 8.01. The largest absolute Gasteiger partial charge is 0.429 e. The van der Waals surface area contributed by atoms with E-state index in [1.54, 1.807) is 6.26 Å². The van der Waals surface area contributed by atoms with E-state index in [1.807, 2.05) is 42.1 Å². The summed E-state index contributed by atoms with van der Waals surface area (Å²) in [6, 6.07) is 3.89. The third kappa shape index (κ3) is 4.33. The summed E-state index contributed by atoms with van der Waals surface area (Å²) in [5.41, 5.74) is 0. The maximum absolute atomic E-state index is 4.72. The van der Waals surface area contributed by atoms with Gasteiger partial charge in [-0.3, -0.25) is 0 Å². The van der Waals surface area contributed by atoms with Crippen LogP contribution in [0.4, 0.5) is 0 Å². The Morgan fingerprint density at radius 1 is 1.09 bits per heavy atom. The van der Waals surface area contributed by atoms with Crippen molar-refractivity contribution in [1.82, 2.24) is 4.98 Å². The van der Waals surface area contributed by atoms with Crippen LogP contribution in [0.15, 0.2) is 48.3 Å². The van der Waals surface area contributed by atoms with Crippen molar-refractivity contribution in [2.45, 2.75) is 0 Å². The molecule has 0 atom stereocenters. The predicted octanol–water partition coefficient (Wildman–Crippen LogP) is 2.71. The molecule has 0 unspecified atom stereocenters. The quantitative estimate of drug-likeness (QED) is 0.601. The van der Waals surface area contributed by atoms with E-state index in [1.165, 1.54) is 12.0 Å². The van der Waals surface area contributed by atoms with Gasteiger partial charge in [0.05, 0.1) is 12.0 Å². The van der Waals surface area contributed by atoms with Crippen LogP contribution in [-0.4, -0.2) is 4.98 Å². The van der Waals surface area contributed by atoms with Gasteiger partial charge in [0.15, 0.2) is 0 Å². The lowest BCUT2D eigenvalue weighted by molar-refractivity contribution is 0.569. The predicted molar refractivity (Wildman–Crippen MR) is 47.7 cm³/mol. The molecule has 2 heterocycles. The molecule has 2 rings (SSSR count). The molecule has 11 heavy (non-hydrogen) atoms. The van der Waals surface area contributed by atoms with Crippen LogP contribution in [0.5, 0.6) is 0 Å². The minimum Gasteiger partial charge on any atom is -0.429 e. The van der Waals surface area contributed by atoms with Gasteiger partial charge in [-0.05, 0) is 24.3 Å². The van der Waals surface area contributed by atoms with E-state index in [2.05, 4.69) is 4.98 Å². The molecule has 0 saturated heterocycles. The van der Waals surface area contributed by atoms with Crippen molar-refractivity contribution in [3.05, 3.63) is 48.3 Å². The standard InChI is InChI=1S/C4H5N.C4H4OS/c1-2-4-5-3-1;1-2-4-6-5-3-1/h1-5H;1-4H. The summed E-state index contributed by atoms with van der Waals surface area (Å²) in [5, 5.41) is 1.88. The van der Waals surface area contributed by atoms with E-state index < -0.39 is 0 Å². The number of hydrogen-bond acceptors (Lipinski definition) is 2. The van der Waals surface area contributed by atoms with Gasteiger partial charge < -0.3 is 9.17 Å². The number of hydrogen-bond donors (Lipinski definition) is 1. The first-order valence-electron chi connectivity index (χ1n) is 3.22. The smallest absolute Gasteiger partial charge is 0.101 e. The highest BCUT2D eigenvalue weighted by Gasteiger charge is 1.77. The fourth-order valence-electron chi connectivity index (χ4n) is 0.497. The maximum atomic E-state index is 4.72. The normalized spacial score (nSPS) is 13.1. The van der Waals surface area contributed by atoms with Crippen LogP contribution < -0.4 is 0 Å². The average molecular weight is 167 g/mol. The molecule has 0 amide bonds. The van der Waals surface area contributed by atoms with Crippen LogP contribution in [0.25, 0.3) is 0 Å². The molecule has 0 spiro atoms. The molecule has 0 fully saturated rings. The second-order valence-corrected chi connectivity index (χ2v) is 2.39. The molecule has 1 aromatic rings. The Balaban J connectivity index is 0.000000112. The van der Waals surface area contributed by atoms with Gasteiger partial charge in [0, 0.05) is 17.8 Å². The molecule has 0 aliphatic carbocycles. The Morgan fingerprint density at radius 3 is 2.09 bits per heavy atom. The zero-order chi connectivity index (χ0) is 7.78. The molecule has 3 heteroatoms. The van der Waals surface area contributed by atoms with Crippen LogP contribution in [0.2, 0.25) is 0 Å². The Hall–Kier alpha value is -1.09. The van der Waals surface area contributed by atoms with Crippen LogP contribution in [0, 0.1) is 0 Å². The van der Waals surface area contributed by atoms with E-state index in [0.29, 0.717) is 0 Å². The SMILES string of the molecule is C1=COSC=C1.c1cc[nH]c1. The summed E-state index contributed by atoms with van der Waals surface area (Å²) in [6.07, 6.45) is 9.16. The minimum absolute atomic E-state index is 1.33. The van der Waals surface area contributed by atoms with Crippen LogP contribution in [0.1, 0.15) is 0 Å². The van der Waals surface area contributed by atoms with Gasteiger partial charge in [-0.15, -0.1) is 0 Å². The van der Waals surface area contributed by atoms with Crippen LogP contribution in [-0.2, 0) is 4.18 Å². The molecule has 1 aliphatic rings. The molecule has 1 aromatic heterocycles. The van der Waals surface area contributed by atoms with Gasteiger partial charge in [0.2, 0.25) is 0 Å². The van der Waals surface area contributed by atoms with E-state index in [4.69, 9.17) is 4.18 Å². The molecule has 1 N–H and O–H groups in total. The highest BCUT2D eigenvalue weighted by Crippen LogP contribution is 2.08. The van der Waals surface area contributed by atoms with Gasteiger partial charge in [-0.1, -0.05) is 0 Å². The van der Waals surface area contributed by atoms with Crippen molar-refractivity contribution < 1.29 is 4.18 Å². The maximum Gasteiger partial charge on any atom is 0.101 e. The number of rotatable bonds is 0. The van der Waals surface area contributed by atoms with E-state index in [9.17, 15) is 0 Å². The Labute approximate surface area is 70.2 Å². The topological polar surface area (TPSA) is 25.0 Å². The first-order valence-corrected chi connectivity index (χ1v) is 4.02. The van der Waals surface area contributed by atoms with E-state index >= 15 is 0 Å². The fourth-order valence-corrected chi connectivity index (χ4v) is 0.844. The summed E-state index contributed by atoms with van der Waals surface area (Å²) in [6.45, 7) is 0. The van der Waals surface area contributed by atoms with Gasteiger partial charge in [-0.2, -0.15) is 0 Å². The monoisotopic (exact) mass is 167 g/mol. The van der Waals surface area contributed by atoms with Crippen LogP contribution >= 0.6 is 12.0 Å². The molecule has 58 valence electrons. The van der Waals surface area contributed by atoms with Crippen molar-refractivity contribution in [2.75, 3.05) is 0 Å². The molecule has 0 aromatic carbocycles. The summed E-state index contributed by atoms with van der Waals surface area (Å²) in [5.74, 6) is 0. The fraction of sp³-hybridized carbons (Fsp3) is 0. The van der Waals surface area contributed by atoms with Crippen LogP contribution in [0.3, 0.4) is 0 Å².